The van der Waals surface area contributed by atoms with Crippen LogP contribution in [0.2, 0.25) is 0 Å². The molecule has 0 saturated carbocycles. The molecule has 2 aliphatic rings. The molecule has 10 rings (SSSR count). The second-order valence-electron chi connectivity index (χ2n) is 17.3. The number of imidazole rings is 1. The SMILES string of the molecule is Cc1cc(-n2nc3c(c2-n2ccn(-c4ccc([S@](C)(=N)=O)cc4)c2=O)[C@H](C)N(C(=O)c2cc4cc(C5CCOCC5)ccc4n2-c2cccc(S(=O)(=O)Nc4ncccn4)c2)CC3)cc(C)c1F. The van der Waals surface area contributed by atoms with Gasteiger partial charge in [-0.2, -0.15) is 5.10 Å². The number of halogens is 1. The van der Waals surface area contributed by atoms with Crippen LogP contribution in [0.5, 0.6) is 0 Å². The fourth-order valence-corrected chi connectivity index (χ4v) is 11.1. The number of hydrogen-bond acceptors (Lipinski definition) is 10. The Morgan fingerprint density at radius 2 is 1.54 bits per heavy atom. The van der Waals surface area contributed by atoms with E-state index >= 15 is 9.18 Å². The largest absolute Gasteiger partial charge is 0.381 e. The van der Waals surface area contributed by atoms with E-state index in [0.717, 1.165) is 23.8 Å². The predicted octanol–water partition coefficient (Wildman–Crippen LogP) is 7.79. The van der Waals surface area contributed by atoms with E-state index in [1.165, 1.54) is 39.9 Å². The molecular weight excluding hydrogens is 908 g/mol. The molecule has 6 heterocycles. The fraction of sp³-hybridized carbons (Fsp3) is 0.245. The van der Waals surface area contributed by atoms with E-state index < -0.39 is 31.5 Å². The Morgan fingerprint density at radius 1 is 0.838 bits per heavy atom. The molecule has 0 radical (unpaired) electrons. The standard InChI is InChI=1S/C49H47FN10O6S2/c1-30-25-38(26-31(2)45(30)50)60-46(58-22-21-57(49(58)62)36-10-12-39(13-11-36)67(4,51)63)44-32(3)56(20-15-41(44)54-60)47(61)43-28-35-27-34(33-16-23-66-24-17-33)9-14-42(35)59(43)37-7-5-8-40(29-37)68(64,65)55-48-52-18-6-19-53-48/h5-14,18-19,21-22,25-29,32-33,51H,15-17,20,23-24H2,1-4H3,(H,52,53,55)/t32-,67+/m0/s1. The lowest BCUT2D eigenvalue weighted by atomic mass is 9.91. The first-order valence-corrected chi connectivity index (χ1v) is 25.5. The monoisotopic (exact) mass is 954 g/mol. The van der Waals surface area contributed by atoms with Gasteiger partial charge in [0.15, 0.2) is 0 Å². The number of fused-ring (bicyclic) bond motifs is 2. The van der Waals surface area contributed by atoms with E-state index in [4.69, 9.17) is 14.6 Å². The first kappa shape index (κ1) is 44.6. The summed E-state index contributed by atoms with van der Waals surface area (Å²) in [6.07, 6.45) is 9.47. The summed E-state index contributed by atoms with van der Waals surface area (Å²) in [6, 6.07) is 25.0. The minimum atomic E-state index is -4.16. The number of amides is 1. The molecule has 0 unspecified atom stereocenters. The third-order valence-corrected chi connectivity index (χ3v) is 15.4. The molecule has 4 aromatic carbocycles. The number of aromatic nitrogens is 7. The van der Waals surface area contributed by atoms with Gasteiger partial charge in [0.2, 0.25) is 5.95 Å². The number of nitrogens with one attached hydrogen (secondary N) is 2. The number of sulfonamides is 1. The van der Waals surface area contributed by atoms with Gasteiger partial charge in [-0.25, -0.2) is 46.0 Å². The number of nitrogens with zero attached hydrogens (tertiary/aromatic N) is 8. The van der Waals surface area contributed by atoms with Crippen molar-refractivity contribution < 1.29 is 26.5 Å². The van der Waals surface area contributed by atoms with Gasteiger partial charge in [0.05, 0.1) is 43.3 Å². The summed E-state index contributed by atoms with van der Waals surface area (Å²) in [7, 11) is -7.15. The van der Waals surface area contributed by atoms with Gasteiger partial charge in [0.25, 0.3) is 15.9 Å². The predicted molar refractivity (Wildman–Crippen MR) is 255 cm³/mol. The first-order valence-electron chi connectivity index (χ1n) is 22.1. The van der Waals surface area contributed by atoms with Crippen LogP contribution in [0.4, 0.5) is 10.3 Å². The highest BCUT2D eigenvalue weighted by molar-refractivity contribution is 7.92. The molecule has 19 heteroatoms. The summed E-state index contributed by atoms with van der Waals surface area (Å²) in [5.41, 5.74) is 5.15. The van der Waals surface area contributed by atoms with Crippen molar-refractivity contribution in [3.8, 4) is 22.9 Å². The van der Waals surface area contributed by atoms with E-state index in [1.807, 2.05) is 19.1 Å². The van der Waals surface area contributed by atoms with Crippen LogP contribution >= 0.6 is 0 Å². The Hall–Kier alpha value is -7.22. The molecule has 0 aliphatic carbocycles. The van der Waals surface area contributed by atoms with E-state index in [9.17, 15) is 17.4 Å². The number of rotatable bonds is 10. The van der Waals surface area contributed by atoms with Crippen molar-refractivity contribution in [2.45, 2.75) is 61.8 Å². The van der Waals surface area contributed by atoms with Crippen LogP contribution in [-0.2, 0) is 30.9 Å². The fourth-order valence-electron chi connectivity index (χ4n) is 9.41. The number of aryl methyl sites for hydroxylation is 2. The summed E-state index contributed by atoms with van der Waals surface area (Å²) in [4.78, 5) is 40.1. The zero-order valence-electron chi connectivity index (χ0n) is 37.6. The van der Waals surface area contributed by atoms with Gasteiger partial charge in [-0.05, 0) is 135 Å². The number of hydrogen-bond donors (Lipinski definition) is 2. The Morgan fingerprint density at radius 3 is 2.25 bits per heavy atom. The number of anilines is 1. The van der Waals surface area contributed by atoms with Gasteiger partial charge in [0, 0.05) is 78.8 Å². The van der Waals surface area contributed by atoms with E-state index in [-0.39, 0.29) is 35.0 Å². The molecule has 1 saturated heterocycles. The van der Waals surface area contributed by atoms with Gasteiger partial charge < -0.3 is 14.2 Å². The highest BCUT2D eigenvalue weighted by atomic mass is 32.2. The Kier molecular flexibility index (Phi) is 11.2. The molecule has 8 aromatic rings. The lowest BCUT2D eigenvalue weighted by Gasteiger charge is -2.34. The van der Waals surface area contributed by atoms with Crippen LogP contribution in [0.1, 0.15) is 70.2 Å². The second-order valence-corrected chi connectivity index (χ2v) is 21.2. The summed E-state index contributed by atoms with van der Waals surface area (Å²) in [6.45, 7) is 6.79. The van der Waals surface area contributed by atoms with Crippen LogP contribution in [0.3, 0.4) is 0 Å². The van der Waals surface area contributed by atoms with Crippen LogP contribution in [-0.4, -0.2) is 82.9 Å². The van der Waals surface area contributed by atoms with Gasteiger partial charge in [0.1, 0.15) is 17.3 Å². The van der Waals surface area contributed by atoms with E-state index in [0.29, 0.717) is 81.0 Å². The zero-order valence-corrected chi connectivity index (χ0v) is 39.2. The smallest absolute Gasteiger partial charge is 0.338 e. The quantitative estimate of drug-likeness (QED) is 0.138. The van der Waals surface area contributed by atoms with E-state index in [2.05, 4.69) is 26.8 Å². The zero-order chi connectivity index (χ0) is 47.6. The normalized spacial score (nSPS) is 16.4. The van der Waals surface area contributed by atoms with Gasteiger partial charge in [-0.15, -0.1) is 0 Å². The lowest BCUT2D eigenvalue weighted by Crippen LogP contribution is -2.40. The molecule has 0 bridgehead atoms. The minimum Gasteiger partial charge on any atom is -0.381 e. The summed E-state index contributed by atoms with van der Waals surface area (Å²) < 4.78 is 77.4. The molecule has 0 spiro atoms. The third-order valence-electron chi connectivity index (χ3n) is 12.9. The van der Waals surface area contributed by atoms with Crippen molar-refractivity contribution >= 4 is 42.5 Å². The molecule has 16 nitrogen and oxygen atoms in total. The Balaban J connectivity index is 1.10. The molecule has 1 amide bonds. The maximum absolute atomic E-state index is 15.5. The molecule has 4 aromatic heterocycles. The van der Waals surface area contributed by atoms with Crippen molar-refractivity contribution in [2.24, 2.45) is 0 Å². The second kappa shape index (κ2) is 17.1. The van der Waals surface area contributed by atoms with Crippen LogP contribution in [0.15, 0.2) is 130 Å². The van der Waals surface area contributed by atoms with Crippen LogP contribution in [0.25, 0.3) is 33.8 Å². The Labute approximate surface area is 391 Å². The number of carbonyl (C=O) groups excluding carboxylic acids is 1. The molecule has 348 valence electrons. The molecule has 68 heavy (non-hydrogen) atoms. The molecule has 2 aliphatic heterocycles. The lowest BCUT2D eigenvalue weighted by molar-refractivity contribution is 0.0669. The molecule has 2 N–H and O–H groups in total. The van der Waals surface area contributed by atoms with Crippen molar-refractivity contribution in [2.75, 3.05) is 30.7 Å². The highest BCUT2D eigenvalue weighted by Gasteiger charge is 2.37. The minimum absolute atomic E-state index is 0.0597. The third kappa shape index (κ3) is 7.98. The topological polar surface area (TPSA) is 192 Å². The summed E-state index contributed by atoms with van der Waals surface area (Å²) in [5, 5.41) is 5.85. The van der Waals surface area contributed by atoms with Crippen molar-refractivity contribution in [3.05, 3.63) is 166 Å². The Bertz CT molecular complexity index is 3560. The summed E-state index contributed by atoms with van der Waals surface area (Å²) in [5.74, 6) is -0.135. The average molecular weight is 955 g/mol. The van der Waals surface area contributed by atoms with Gasteiger partial charge >= 0.3 is 5.69 Å². The van der Waals surface area contributed by atoms with Crippen molar-refractivity contribution in [1.82, 2.24) is 38.3 Å². The van der Waals surface area contributed by atoms with Crippen molar-refractivity contribution in [3.63, 3.8) is 0 Å². The average Bonchev–Trinajstić information content (AvgIpc) is 4.04. The molecule has 2 atom stereocenters. The summed E-state index contributed by atoms with van der Waals surface area (Å²) >= 11 is 0. The van der Waals surface area contributed by atoms with Crippen molar-refractivity contribution in [1.29, 1.82) is 4.78 Å². The number of benzene rings is 4. The maximum atomic E-state index is 15.5. The van der Waals surface area contributed by atoms with Crippen LogP contribution in [0, 0.1) is 24.4 Å². The molecular formula is C49H47FN10O6S2. The number of ether oxygens (including phenoxy) is 1. The van der Waals surface area contributed by atoms with Crippen LogP contribution < -0.4 is 10.4 Å². The van der Waals surface area contributed by atoms with E-state index in [1.54, 1.807) is 95.0 Å². The molecule has 1 fully saturated rings. The van der Waals surface area contributed by atoms with Gasteiger partial charge in [-0.3, -0.25) is 13.9 Å². The maximum Gasteiger partial charge on any atom is 0.338 e. The number of carbonyl (C=O) groups is 1. The highest BCUT2D eigenvalue weighted by Crippen LogP contribution is 2.39. The van der Waals surface area contributed by atoms with Gasteiger partial charge in [-0.1, -0.05) is 12.1 Å². The first-order chi connectivity index (χ1) is 32.6.